The van der Waals surface area contributed by atoms with E-state index in [2.05, 4.69) is 5.32 Å². The van der Waals surface area contributed by atoms with Crippen molar-refractivity contribution in [2.24, 2.45) is 0 Å². The highest BCUT2D eigenvalue weighted by Gasteiger charge is 2.40. The monoisotopic (exact) mass is 515 g/mol. The number of benzene rings is 2. The average molecular weight is 516 g/mol. The highest BCUT2D eigenvalue weighted by Crippen LogP contribution is 2.30. The zero-order chi connectivity index (χ0) is 26.7. The summed E-state index contributed by atoms with van der Waals surface area (Å²) in [6.07, 6.45) is 0.101. The second-order valence-corrected chi connectivity index (χ2v) is 11.6. The molecule has 1 aliphatic heterocycles. The van der Waals surface area contributed by atoms with Crippen LogP contribution in [0.2, 0.25) is 0 Å². The van der Waals surface area contributed by atoms with Crippen LogP contribution >= 0.6 is 0 Å². The second kappa shape index (κ2) is 10.7. The van der Waals surface area contributed by atoms with Gasteiger partial charge in [-0.1, -0.05) is 24.3 Å². The first kappa shape index (κ1) is 27.2. The van der Waals surface area contributed by atoms with Gasteiger partial charge in [-0.15, -0.1) is 0 Å². The third kappa shape index (κ3) is 6.04. The number of methoxy groups -OCH3 is 1. The lowest BCUT2D eigenvalue weighted by Crippen LogP contribution is -2.52. The van der Waals surface area contributed by atoms with Crippen LogP contribution in [0.3, 0.4) is 0 Å². The van der Waals surface area contributed by atoms with E-state index >= 15 is 0 Å². The molecule has 10 heteroatoms. The Bertz CT molecular complexity index is 1240. The van der Waals surface area contributed by atoms with Crippen molar-refractivity contribution in [1.82, 2.24) is 14.5 Å². The lowest BCUT2D eigenvalue weighted by atomic mass is 10.1. The highest BCUT2D eigenvalue weighted by atomic mass is 32.2. The summed E-state index contributed by atoms with van der Waals surface area (Å²) in [4.78, 5) is 40.2. The van der Waals surface area contributed by atoms with Crippen molar-refractivity contribution >= 4 is 27.7 Å². The molecule has 0 spiro atoms. The highest BCUT2D eigenvalue weighted by molar-refractivity contribution is 7.90. The van der Waals surface area contributed by atoms with Gasteiger partial charge in [0.1, 0.15) is 16.7 Å². The van der Waals surface area contributed by atoms with Crippen LogP contribution in [0, 0.1) is 0 Å². The van der Waals surface area contributed by atoms with Gasteiger partial charge >= 0.3 is 0 Å². The van der Waals surface area contributed by atoms with E-state index in [1.807, 2.05) is 32.9 Å². The van der Waals surface area contributed by atoms with Gasteiger partial charge < -0.3 is 15.0 Å². The topological polar surface area (TPSA) is 113 Å². The molecule has 0 bridgehead atoms. The van der Waals surface area contributed by atoms with Crippen LogP contribution in [-0.4, -0.2) is 60.6 Å². The summed E-state index contributed by atoms with van der Waals surface area (Å²) >= 11 is 0. The molecule has 2 aromatic rings. The van der Waals surface area contributed by atoms with Crippen LogP contribution in [0.5, 0.6) is 5.75 Å². The van der Waals surface area contributed by atoms with E-state index in [-0.39, 0.29) is 48.2 Å². The molecular weight excluding hydrogens is 482 g/mol. The van der Waals surface area contributed by atoms with Gasteiger partial charge in [-0.05, 0) is 63.9 Å². The van der Waals surface area contributed by atoms with E-state index in [1.165, 1.54) is 17.0 Å². The van der Waals surface area contributed by atoms with Crippen LogP contribution in [0.1, 0.15) is 56.5 Å². The van der Waals surface area contributed by atoms with Gasteiger partial charge in [-0.25, -0.2) is 12.7 Å². The van der Waals surface area contributed by atoms with E-state index in [9.17, 15) is 22.8 Å². The number of carbonyl (C=O) groups excluding carboxylic acids is 3. The van der Waals surface area contributed by atoms with Gasteiger partial charge in [0.2, 0.25) is 11.8 Å². The Morgan fingerprint density at radius 2 is 1.72 bits per heavy atom. The fraction of sp³-hybridized carbons (Fsp3) is 0.423. The molecule has 1 heterocycles. The number of sulfonamides is 1. The minimum Gasteiger partial charge on any atom is -0.497 e. The summed E-state index contributed by atoms with van der Waals surface area (Å²) in [5.41, 5.74) is 0.476. The van der Waals surface area contributed by atoms with Crippen molar-refractivity contribution in [3.8, 4) is 5.75 Å². The number of fused-ring (bicyclic) bond motifs is 1. The Hall–Kier alpha value is -3.40. The SMILES string of the molecule is COc1ccc(CN(C(=O)CCCN2C(=O)c3ccccc3S2(=O)=O)[C@@H](C)C(=O)NC(C)(C)C)cc1. The number of hydrogen-bond donors (Lipinski definition) is 1. The van der Waals surface area contributed by atoms with Crippen molar-refractivity contribution in [2.45, 2.75) is 63.6 Å². The van der Waals surface area contributed by atoms with E-state index in [1.54, 1.807) is 38.3 Å². The number of nitrogens with zero attached hydrogens (tertiary/aromatic N) is 2. The van der Waals surface area contributed by atoms with Gasteiger partial charge in [-0.2, -0.15) is 0 Å². The molecule has 0 saturated carbocycles. The summed E-state index contributed by atoms with van der Waals surface area (Å²) in [6, 6.07) is 12.5. The Morgan fingerprint density at radius 1 is 1.08 bits per heavy atom. The standard InChI is InChI=1S/C26H33N3O6S/c1-18(24(31)27-26(2,3)4)28(17-19-12-14-20(35-5)15-13-19)23(30)11-8-16-29-25(32)21-9-6-7-10-22(21)36(29,33)34/h6-7,9-10,12-15,18H,8,11,16-17H2,1-5H3,(H,27,31)/t18-/m0/s1. The Labute approximate surface area is 212 Å². The zero-order valence-electron chi connectivity index (χ0n) is 21.3. The normalized spacial score (nSPS) is 15.2. The quantitative estimate of drug-likeness (QED) is 0.549. The third-order valence-electron chi connectivity index (χ3n) is 5.84. The first-order valence-corrected chi connectivity index (χ1v) is 13.2. The molecule has 0 unspecified atom stereocenters. The van der Waals surface area contributed by atoms with Crippen LogP contribution in [0.25, 0.3) is 0 Å². The third-order valence-corrected chi connectivity index (χ3v) is 7.68. The lowest BCUT2D eigenvalue weighted by molar-refractivity contribution is -0.141. The van der Waals surface area contributed by atoms with Crippen molar-refractivity contribution < 1.29 is 27.5 Å². The van der Waals surface area contributed by atoms with Crippen LogP contribution in [0.4, 0.5) is 0 Å². The van der Waals surface area contributed by atoms with Crippen LogP contribution < -0.4 is 10.1 Å². The molecule has 0 saturated heterocycles. The molecule has 2 aromatic carbocycles. The second-order valence-electron chi connectivity index (χ2n) is 9.77. The van der Waals surface area contributed by atoms with Gasteiger partial charge in [0.25, 0.3) is 15.9 Å². The molecule has 9 nitrogen and oxygen atoms in total. The maximum absolute atomic E-state index is 13.3. The predicted octanol–water partition coefficient (Wildman–Crippen LogP) is 2.95. The smallest absolute Gasteiger partial charge is 0.269 e. The maximum atomic E-state index is 13.3. The minimum absolute atomic E-state index is 0.0186. The molecule has 1 atom stereocenters. The summed E-state index contributed by atoms with van der Waals surface area (Å²) in [5, 5.41) is 2.90. The van der Waals surface area contributed by atoms with E-state index < -0.39 is 27.5 Å². The first-order valence-electron chi connectivity index (χ1n) is 11.8. The number of rotatable bonds is 9. The molecule has 3 amide bonds. The van der Waals surface area contributed by atoms with Crippen molar-refractivity contribution in [2.75, 3.05) is 13.7 Å². The minimum atomic E-state index is -3.94. The Morgan fingerprint density at radius 3 is 2.31 bits per heavy atom. The molecule has 1 aliphatic rings. The van der Waals surface area contributed by atoms with Crippen molar-refractivity contribution in [1.29, 1.82) is 0 Å². The average Bonchev–Trinajstić information content (AvgIpc) is 3.02. The summed E-state index contributed by atoms with van der Waals surface area (Å²) < 4.78 is 31.6. The predicted molar refractivity (Wildman–Crippen MR) is 135 cm³/mol. The van der Waals surface area contributed by atoms with E-state index in [4.69, 9.17) is 4.74 Å². The Balaban J connectivity index is 1.72. The number of hydrogen-bond acceptors (Lipinski definition) is 6. The zero-order valence-corrected chi connectivity index (χ0v) is 22.1. The van der Waals surface area contributed by atoms with Crippen LogP contribution in [0.15, 0.2) is 53.4 Å². The van der Waals surface area contributed by atoms with E-state index in [0.717, 1.165) is 9.87 Å². The molecule has 3 rings (SSSR count). The molecule has 1 N–H and O–H groups in total. The number of amides is 3. The summed E-state index contributed by atoms with van der Waals surface area (Å²) in [7, 11) is -2.37. The van der Waals surface area contributed by atoms with Gasteiger partial charge in [-0.3, -0.25) is 14.4 Å². The fourth-order valence-corrected chi connectivity index (χ4v) is 5.56. The number of carbonyl (C=O) groups is 3. The van der Waals surface area contributed by atoms with Gasteiger partial charge in [0.15, 0.2) is 0 Å². The van der Waals surface area contributed by atoms with E-state index in [0.29, 0.717) is 5.75 Å². The molecule has 0 fully saturated rings. The maximum Gasteiger partial charge on any atom is 0.269 e. The fourth-order valence-electron chi connectivity index (χ4n) is 3.95. The molecule has 194 valence electrons. The lowest BCUT2D eigenvalue weighted by Gasteiger charge is -2.31. The van der Waals surface area contributed by atoms with Crippen molar-refractivity contribution in [3.05, 3.63) is 59.7 Å². The number of ether oxygens (including phenoxy) is 1. The van der Waals surface area contributed by atoms with Gasteiger partial charge in [0, 0.05) is 25.0 Å². The largest absolute Gasteiger partial charge is 0.497 e. The first-order chi connectivity index (χ1) is 16.8. The number of nitrogens with one attached hydrogen (secondary N) is 1. The molecular formula is C26H33N3O6S. The molecule has 0 radical (unpaired) electrons. The summed E-state index contributed by atoms with van der Waals surface area (Å²) in [5.74, 6) is -0.528. The molecule has 0 aliphatic carbocycles. The summed E-state index contributed by atoms with van der Waals surface area (Å²) in [6.45, 7) is 7.30. The van der Waals surface area contributed by atoms with Gasteiger partial charge in [0.05, 0.1) is 12.7 Å². The van der Waals surface area contributed by atoms with Crippen LogP contribution in [-0.2, 0) is 26.2 Å². The van der Waals surface area contributed by atoms with Crippen molar-refractivity contribution in [3.63, 3.8) is 0 Å². The molecule has 36 heavy (non-hydrogen) atoms. The molecule has 0 aromatic heterocycles. The Kier molecular flexibility index (Phi) is 8.08.